The first-order chi connectivity index (χ1) is 14.7. The molecule has 10 heteroatoms. The first-order valence-corrected chi connectivity index (χ1v) is 11.3. The predicted octanol–water partition coefficient (Wildman–Crippen LogP) is 2.88. The van der Waals surface area contributed by atoms with E-state index in [1.807, 2.05) is 0 Å². The number of esters is 1. The number of nitrogens with one attached hydrogen (secondary N) is 1. The molecule has 9 nitrogen and oxygen atoms in total. The van der Waals surface area contributed by atoms with Crippen molar-refractivity contribution < 1.29 is 31.7 Å². The van der Waals surface area contributed by atoms with E-state index in [4.69, 9.17) is 13.7 Å². The van der Waals surface area contributed by atoms with E-state index < -0.39 is 16.1 Å². The lowest BCUT2D eigenvalue weighted by Crippen LogP contribution is -2.36. The second kappa shape index (κ2) is 11.3. The highest BCUT2D eigenvalue weighted by atomic mass is 32.2. The van der Waals surface area contributed by atoms with Crippen molar-refractivity contribution in [2.24, 2.45) is 0 Å². The van der Waals surface area contributed by atoms with Crippen molar-refractivity contribution in [3.63, 3.8) is 0 Å². The molecule has 2 amide bonds. The Morgan fingerprint density at radius 2 is 1.68 bits per heavy atom. The van der Waals surface area contributed by atoms with Crippen LogP contribution < -0.4 is 9.50 Å². The molecule has 0 aliphatic carbocycles. The fraction of sp³-hybridized carbons (Fsp3) is 0.333. The Morgan fingerprint density at radius 3 is 2.23 bits per heavy atom. The summed E-state index contributed by atoms with van der Waals surface area (Å²) in [6.45, 7) is 2.96. The molecule has 31 heavy (non-hydrogen) atoms. The van der Waals surface area contributed by atoms with Gasteiger partial charge < -0.3 is 23.9 Å². The number of ether oxygens (including phenoxy) is 2. The highest BCUT2D eigenvalue weighted by Crippen LogP contribution is 2.17. The molecule has 0 aromatic heterocycles. The molecule has 0 aliphatic rings. The largest absolute Gasteiger partial charge is 0.462 e. The summed E-state index contributed by atoms with van der Waals surface area (Å²) in [4.78, 5) is 26.0. The van der Waals surface area contributed by atoms with Crippen LogP contribution in [0.25, 0.3) is 0 Å². The van der Waals surface area contributed by atoms with Crippen molar-refractivity contribution in [1.29, 1.82) is 0 Å². The molecule has 0 unspecified atom stereocenters. The number of rotatable bonds is 10. The van der Waals surface area contributed by atoms with Gasteiger partial charge in [0.2, 0.25) is 0 Å². The zero-order valence-electron chi connectivity index (χ0n) is 17.7. The third kappa shape index (κ3) is 8.27. The van der Waals surface area contributed by atoms with Gasteiger partial charge in [-0.15, -0.1) is 0 Å². The number of carbonyl (C=O) groups is 2. The molecule has 168 valence electrons. The first kappa shape index (κ1) is 24.2. The van der Waals surface area contributed by atoms with Gasteiger partial charge >= 0.3 is 22.1 Å². The topological polar surface area (TPSA) is 111 Å². The second-order valence-electron chi connectivity index (χ2n) is 6.57. The van der Waals surface area contributed by atoms with Crippen LogP contribution in [0.15, 0.2) is 48.5 Å². The van der Waals surface area contributed by atoms with Crippen LogP contribution in [0.2, 0.25) is 0 Å². The fourth-order valence-electron chi connectivity index (χ4n) is 2.61. The van der Waals surface area contributed by atoms with Gasteiger partial charge in [-0.25, -0.2) is 9.59 Å². The highest BCUT2D eigenvalue weighted by molar-refractivity contribution is 7.86. The third-order valence-electron chi connectivity index (χ3n) is 4.04. The van der Waals surface area contributed by atoms with Crippen molar-refractivity contribution in [1.82, 2.24) is 4.90 Å². The molecule has 0 heterocycles. The molecule has 0 aliphatic heterocycles. The van der Waals surface area contributed by atoms with Crippen LogP contribution in [0.1, 0.15) is 22.8 Å². The van der Waals surface area contributed by atoms with Gasteiger partial charge in [0.25, 0.3) is 0 Å². The number of urea groups is 1. The number of nitrogens with zero attached hydrogens (tertiary/aromatic N) is 1. The van der Waals surface area contributed by atoms with E-state index in [2.05, 4.69) is 5.32 Å². The summed E-state index contributed by atoms with van der Waals surface area (Å²) < 4.78 is 37.3. The van der Waals surface area contributed by atoms with Crippen LogP contribution in [-0.4, -0.2) is 58.4 Å². The van der Waals surface area contributed by atoms with Gasteiger partial charge in [-0.1, -0.05) is 12.1 Å². The number of hydrogen-bond acceptors (Lipinski definition) is 7. The van der Waals surface area contributed by atoms with Crippen LogP contribution in [0.4, 0.5) is 10.5 Å². The van der Waals surface area contributed by atoms with Gasteiger partial charge in [-0.05, 0) is 48.9 Å². The van der Waals surface area contributed by atoms with Gasteiger partial charge in [0.05, 0.1) is 25.0 Å². The smallest absolute Gasteiger partial charge is 0.338 e. The minimum absolute atomic E-state index is 0.195. The van der Waals surface area contributed by atoms with Crippen molar-refractivity contribution in [2.75, 3.05) is 38.4 Å². The molecule has 0 bridgehead atoms. The number of benzene rings is 2. The van der Waals surface area contributed by atoms with Crippen LogP contribution in [0.5, 0.6) is 5.75 Å². The Hall–Kier alpha value is -3.11. The molecule has 0 fully saturated rings. The minimum atomic E-state index is -3.61. The van der Waals surface area contributed by atoms with E-state index in [9.17, 15) is 18.0 Å². The van der Waals surface area contributed by atoms with Crippen molar-refractivity contribution in [3.05, 3.63) is 59.7 Å². The third-order valence-corrected chi connectivity index (χ3v) is 4.54. The minimum Gasteiger partial charge on any atom is -0.462 e. The lowest BCUT2D eigenvalue weighted by atomic mass is 10.2. The van der Waals surface area contributed by atoms with Crippen molar-refractivity contribution >= 4 is 27.8 Å². The van der Waals surface area contributed by atoms with Gasteiger partial charge in [0, 0.05) is 25.9 Å². The summed E-state index contributed by atoms with van der Waals surface area (Å²) in [6, 6.07) is 12.5. The summed E-state index contributed by atoms with van der Waals surface area (Å²) in [6.07, 6.45) is 0.969. The number of hydrogen-bond donors (Lipinski definition) is 1. The average Bonchev–Trinajstić information content (AvgIpc) is 2.72. The SMILES string of the molecule is CCOC(=O)c1ccc(NC(=O)N(CCOC)Cc2ccc(OS(C)(=O)=O)cc2)cc1. The maximum Gasteiger partial charge on any atom is 0.338 e. The molecule has 2 aromatic rings. The molecule has 1 N–H and O–H groups in total. The van der Waals surface area contributed by atoms with E-state index in [0.717, 1.165) is 11.8 Å². The van der Waals surface area contributed by atoms with Crippen LogP contribution in [-0.2, 0) is 26.1 Å². The summed E-state index contributed by atoms with van der Waals surface area (Å²) in [7, 11) is -2.06. The van der Waals surface area contributed by atoms with Gasteiger partial charge in [0.1, 0.15) is 5.75 Å². The average molecular weight is 451 g/mol. The van der Waals surface area contributed by atoms with Gasteiger partial charge in [0.15, 0.2) is 0 Å². The van der Waals surface area contributed by atoms with E-state index in [0.29, 0.717) is 24.4 Å². The highest BCUT2D eigenvalue weighted by Gasteiger charge is 2.15. The monoisotopic (exact) mass is 450 g/mol. The molecular formula is C21H26N2O7S. The van der Waals surface area contributed by atoms with E-state index in [1.165, 1.54) is 12.1 Å². The summed E-state index contributed by atoms with van der Waals surface area (Å²) in [5, 5.41) is 2.79. The first-order valence-electron chi connectivity index (χ1n) is 9.52. The summed E-state index contributed by atoms with van der Waals surface area (Å²) in [5.41, 5.74) is 1.70. The van der Waals surface area contributed by atoms with Gasteiger partial charge in [-0.3, -0.25) is 0 Å². The number of amides is 2. The zero-order valence-corrected chi connectivity index (χ0v) is 18.5. The molecule has 0 spiro atoms. The molecule has 0 radical (unpaired) electrons. The maximum atomic E-state index is 12.8. The predicted molar refractivity (Wildman–Crippen MR) is 116 cm³/mol. The maximum absolute atomic E-state index is 12.8. The van der Waals surface area contributed by atoms with Crippen LogP contribution >= 0.6 is 0 Å². The molecular weight excluding hydrogens is 424 g/mol. The van der Waals surface area contributed by atoms with Crippen LogP contribution in [0, 0.1) is 0 Å². The lowest BCUT2D eigenvalue weighted by Gasteiger charge is -2.23. The zero-order chi connectivity index (χ0) is 22.9. The standard InChI is InChI=1S/C21H26N2O7S/c1-4-29-20(24)17-7-9-18(10-8-17)22-21(25)23(13-14-28-2)15-16-5-11-19(12-6-16)30-31(3,26)27/h5-12H,4,13-15H2,1-3H3,(H,22,25). The quantitative estimate of drug-likeness (QED) is 0.438. The molecule has 0 saturated heterocycles. The van der Waals surface area contributed by atoms with Crippen LogP contribution in [0.3, 0.4) is 0 Å². The number of carbonyl (C=O) groups excluding carboxylic acids is 2. The fourth-order valence-corrected chi connectivity index (χ4v) is 3.07. The van der Waals surface area contributed by atoms with Crippen molar-refractivity contribution in [2.45, 2.75) is 13.5 Å². The van der Waals surface area contributed by atoms with Crippen molar-refractivity contribution in [3.8, 4) is 5.75 Å². The van der Waals surface area contributed by atoms with Gasteiger partial charge in [-0.2, -0.15) is 8.42 Å². The van der Waals surface area contributed by atoms with E-state index in [-0.39, 0.29) is 24.9 Å². The Kier molecular flexibility index (Phi) is 8.83. The Labute approximate surface area is 182 Å². The normalized spacial score (nSPS) is 10.9. The molecule has 2 aromatic carbocycles. The molecule has 2 rings (SSSR count). The number of anilines is 1. The molecule has 0 saturated carbocycles. The summed E-state index contributed by atoms with van der Waals surface area (Å²) >= 11 is 0. The summed E-state index contributed by atoms with van der Waals surface area (Å²) in [5.74, 6) is -0.230. The lowest BCUT2D eigenvalue weighted by molar-refractivity contribution is 0.0526. The second-order valence-corrected chi connectivity index (χ2v) is 8.15. The molecule has 0 atom stereocenters. The van der Waals surface area contributed by atoms with E-state index >= 15 is 0 Å². The Morgan fingerprint density at radius 1 is 1.03 bits per heavy atom. The Bertz CT molecular complexity index is 974. The van der Waals surface area contributed by atoms with E-state index in [1.54, 1.807) is 55.3 Å². The number of methoxy groups -OCH3 is 1. The Balaban J connectivity index is 2.05.